The molecule has 2 fully saturated rings. The average molecular weight is 298 g/mol. The van der Waals surface area contributed by atoms with Crippen molar-refractivity contribution in [3.8, 4) is 0 Å². The van der Waals surface area contributed by atoms with E-state index in [1.165, 1.54) is 0 Å². The lowest BCUT2D eigenvalue weighted by atomic mass is 9.96. The minimum atomic E-state index is -4.51. The molecule has 1 aliphatic heterocycles. The van der Waals surface area contributed by atoms with E-state index in [9.17, 15) is 22.8 Å². The minimum Gasteiger partial charge on any atom is -0.397 e. The van der Waals surface area contributed by atoms with Gasteiger partial charge < -0.3 is 5.73 Å². The fourth-order valence-electron chi connectivity index (χ4n) is 3.08. The first-order valence-corrected chi connectivity index (χ1v) is 6.63. The number of benzene rings is 1. The topological polar surface area (TPSA) is 63.4 Å². The van der Waals surface area contributed by atoms with Crippen molar-refractivity contribution in [1.82, 2.24) is 0 Å². The van der Waals surface area contributed by atoms with Gasteiger partial charge in [0.05, 0.1) is 16.9 Å². The van der Waals surface area contributed by atoms with E-state index in [-0.39, 0.29) is 35.0 Å². The van der Waals surface area contributed by atoms with E-state index >= 15 is 0 Å². The number of anilines is 2. The van der Waals surface area contributed by atoms with Gasteiger partial charge in [-0.1, -0.05) is 0 Å². The Kier molecular flexibility index (Phi) is 2.96. The molecule has 1 saturated heterocycles. The van der Waals surface area contributed by atoms with Gasteiger partial charge >= 0.3 is 6.18 Å². The van der Waals surface area contributed by atoms with E-state index in [0.29, 0.717) is 19.3 Å². The lowest BCUT2D eigenvalue weighted by Crippen LogP contribution is -2.46. The van der Waals surface area contributed by atoms with Gasteiger partial charge in [-0.25, -0.2) is 4.90 Å². The number of imide groups is 1. The van der Waals surface area contributed by atoms with Crippen molar-refractivity contribution < 1.29 is 22.8 Å². The third-order valence-electron chi connectivity index (χ3n) is 4.17. The predicted molar refractivity (Wildman–Crippen MR) is 69.2 cm³/mol. The van der Waals surface area contributed by atoms with Crippen molar-refractivity contribution in [2.45, 2.75) is 25.4 Å². The number of rotatable bonds is 1. The Bertz CT molecular complexity index is 605. The quantitative estimate of drug-likeness (QED) is 0.640. The van der Waals surface area contributed by atoms with Crippen LogP contribution in [0.3, 0.4) is 0 Å². The summed E-state index contributed by atoms with van der Waals surface area (Å²) in [6, 6.07) is 2.69. The van der Waals surface area contributed by atoms with Crippen LogP contribution >= 0.6 is 0 Å². The molecule has 2 atom stereocenters. The number of carbonyl (C=O) groups is 2. The lowest BCUT2D eigenvalue weighted by Gasteiger charge is -2.30. The first-order valence-electron chi connectivity index (χ1n) is 6.63. The summed E-state index contributed by atoms with van der Waals surface area (Å²) < 4.78 is 37.9. The Morgan fingerprint density at radius 3 is 2.14 bits per heavy atom. The van der Waals surface area contributed by atoms with Crippen molar-refractivity contribution in [3.63, 3.8) is 0 Å². The van der Waals surface area contributed by atoms with E-state index in [2.05, 4.69) is 0 Å². The van der Waals surface area contributed by atoms with Crippen molar-refractivity contribution in [2.75, 3.05) is 10.6 Å². The van der Waals surface area contributed by atoms with Crippen LogP contribution in [0.1, 0.15) is 24.8 Å². The average Bonchev–Trinajstić information content (AvgIpc) is 2.84. The molecule has 3 rings (SSSR count). The highest BCUT2D eigenvalue weighted by Crippen LogP contribution is 2.42. The van der Waals surface area contributed by atoms with Gasteiger partial charge in [0.2, 0.25) is 11.8 Å². The molecular weight excluding hydrogens is 285 g/mol. The number of carbonyl (C=O) groups excluding carboxylic acids is 2. The maximum absolute atomic E-state index is 12.6. The molecule has 1 aromatic rings. The Balaban J connectivity index is 2.00. The van der Waals surface area contributed by atoms with Gasteiger partial charge in [-0.15, -0.1) is 0 Å². The Hall–Kier alpha value is -2.05. The molecule has 2 amide bonds. The second kappa shape index (κ2) is 4.47. The smallest absolute Gasteiger partial charge is 0.397 e. The molecule has 21 heavy (non-hydrogen) atoms. The van der Waals surface area contributed by atoms with Gasteiger partial charge in [-0.2, -0.15) is 13.2 Å². The minimum absolute atomic E-state index is 0.0506. The SMILES string of the molecule is Nc1cc(C(F)(F)F)ccc1N1C(=O)C2CCC(C2)C1=O. The van der Waals surface area contributed by atoms with Crippen LogP contribution in [0.25, 0.3) is 0 Å². The van der Waals surface area contributed by atoms with Crippen molar-refractivity contribution in [1.29, 1.82) is 0 Å². The molecule has 0 radical (unpaired) electrons. The van der Waals surface area contributed by atoms with Crippen LogP contribution in [0, 0.1) is 11.8 Å². The zero-order chi connectivity index (χ0) is 15.4. The van der Waals surface area contributed by atoms with Crippen LogP contribution in [0.5, 0.6) is 0 Å². The third-order valence-corrected chi connectivity index (χ3v) is 4.17. The van der Waals surface area contributed by atoms with Gasteiger partial charge in [0.15, 0.2) is 0 Å². The first kappa shape index (κ1) is 13.9. The van der Waals surface area contributed by atoms with Crippen LogP contribution < -0.4 is 10.6 Å². The largest absolute Gasteiger partial charge is 0.416 e. The summed E-state index contributed by atoms with van der Waals surface area (Å²) in [7, 11) is 0. The zero-order valence-corrected chi connectivity index (χ0v) is 11.0. The number of hydrogen-bond donors (Lipinski definition) is 1. The molecule has 7 heteroatoms. The molecule has 112 valence electrons. The Morgan fingerprint density at radius 2 is 1.67 bits per heavy atom. The molecule has 2 unspecified atom stereocenters. The molecule has 1 saturated carbocycles. The summed E-state index contributed by atoms with van der Waals surface area (Å²) in [5, 5.41) is 0. The van der Waals surface area contributed by atoms with Crippen LogP contribution in [0.2, 0.25) is 0 Å². The first-order chi connectivity index (χ1) is 9.79. The highest BCUT2D eigenvalue weighted by atomic mass is 19.4. The molecular formula is C14H13F3N2O2. The molecule has 1 aliphatic carbocycles. The standard InChI is InChI=1S/C14H13F3N2O2/c15-14(16,17)9-3-4-11(10(18)6-9)19-12(20)7-1-2-8(5-7)13(19)21/h3-4,6-8H,1-2,5,18H2. The number of hydrogen-bond acceptors (Lipinski definition) is 3. The molecule has 0 aromatic heterocycles. The molecule has 2 N–H and O–H groups in total. The fourth-order valence-corrected chi connectivity index (χ4v) is 3.08. The fraction of sp³-hybridized carbons (Fsp3) is 0.429. The second-order valence-electron chi connectivity index (χ2n) is 5.49. The molecule has 0 spiro atoms. The monoisotopic (exact) mass is 298 g/mol. The van der Waals surface area contributed by atoms with Crippen LogP contribution in [-0.2, 0) is 15.8 Å². The summed E-state index contributed by atoms with van der Waals surface area (Å²) in [4.78, 5) is 25.5. The maximum atomic E-state index is 12.6. The van der Waals surface area contributed by atoms with Crippen molar-refractivity contribution in [2.24, 2.45) is 11.8 Å². The summed E-state index contributed by atoms with van der Waals surface area (Å²) in [6.45, 7) is 0. The molecule has 4 nitrogen and oxygen atoms in total. The van der Waals surface area contributed by atoms with Gasteiger partial charge in [0.1, 0.15) is 0 Å². The number of piperidine rings is 1. The van der Waals surface area contributed by atoms with Crippen LogP contribution in [0.15, 0.2) is 18.2 Å². The second-order valence-corrected chi connectivity index (χ2v) is 5.49. The van der Waals surface area contributed by atoms with E-state index in [1.54, 1.807) is 0 Å². The zero-order valence-electron chi connectivity index (χ0n) is 11.0. The number of fused-ring (bicyclic) bond motifs is 2. The van der Waals surface area contributed by atoms with Crippen LogP contribution in [-0.4, -0.2) is 11.8 Å². The lowest BCUT2D eigenvalue weighted by molar-refractivity contribution is -0.137. The molecule has 2 aliphatic rings. The Labute approximate surface area is 118 Å². The van der Waals surface area contributed by atoms with Gasteiger partial charge in [0.25, 0.3) is 0 Å². The number of amides is 2. The third kappa shape index (κ3) is 2.16. The molecule has 1 heterocycles. The van der Waals surface area contributed by atoms with E-state index in [4.69, 9.17) is 5.73 Å². The Morgan fingerprint density at radius 1 is 1.10 bits per heavy atom. The molecule has 1 aromatic carbocycles. The van der Waals surface area contributed by atoms with E-state index < -0.39 is 11.7 Å². The highest BCUT2D eigenvalue weighted by Gasteiger charge is 2.46. The number of alkyl halides is 3. The number of nitrogen functional groups attached to an aromatic ring is 1. The summed E-state index contributed by atoms with van der Waals surface area (Å²) in [6.07, 6.45) is -2.69. The van der Waals surface area contributed by atoms with E-state index in [0.717, 1.165) is 23.1 Å². The van der Waals surface area contributed by atoms with Crippen LogP contribution in [0.4, 0.5) is 24.5 Å². The predicted octanol–water partition coefficient (Wildman–Crippen LogP) is 2.58. The number of halogens is 3. The van der Waals surface area contributed by atoms with Crippen molar-refractivity contribution in [3.05, 3.63) is 23.8 Å². The normalized spacial score (nSPS) is 25.6. The van der Waals surface area contributed by atoms with Crippen molar-refractivity contribution >= 4 is 23.2 Å². The van der Waals surface area contributed by atoms with Gasteiger partial charge in [-0.3, -0.25) is 9.59 Å². The summed E-state index contributed by atoms with van der Waals surface area (Å²) in [5.41, 5.74) is 4.57. The van der Waals surface area contributed by atoms with E-state index in [1.807, 2.05) is 0 Å². The van der Waals surface area contributed by atoms with Gasteiger partial charge in [-0.05, 0) is 37.5 Å². The summed E-state index contributed by atoms with van der Waals surface area (Å²) in [5.74, 6) is -1.18. The number of nitrogens with zero attached hydrogens (tertiary/aromatic N) is 1. The summed E-state index contributed by atoms with van der Waals surface area (Å²) >= 11 is 0. The highest BCUT2D eigenvalue weighted by molar-refractivity contribution is 6.20. The maximum Gasteiger partial charge on any atom is 0.416 e. The van der Waals surface area contributed by atoms with Gasteiger partial charge in [0, 0.05) is 11.8 Å². The molecule has 2 bridgehead atoms. The number of nitrogens with two attached hydrogens (primary N) is 1.